The maximum atomic E-state index is 13.3. The number of carbonyl (C=O) groups excluding carboxylic acids is 1. The summed E-state index contributed by atoms with van der Waals surface area (Å²) in [5.41, 5.74) is 0.475. The molecule has 1 aliphatic heterocycles. The van der Waals surface area contributed by atoms with Gasteiger partial charge in [0.25, 0.3) is 0 Å². The van der Waals surface area contributed by atoms with Crippen LogP contribution in [0.25, 0.3) is 0 Å². The topological polar surface area (TPSA) is 63.7 Å². The average molecular weight is 322 g/mol. The monoisotopic (exact) mass is 321 g/mol. The molecule has 110 valence electrons. The lowest BCUT2D eigenvalue weighted by molar-refractivity contribution is -0.117. The predicted molar refractivity (Wildman–Crippen MR) is 73.1 cm³/mol. The van der Waals surface area contributed by atoms with Gasteiger partial charge in [0.05, 0.1) is 12.9 Å². The van der Waals surface area contributed by atoms with Gasteiger partial charge in [0, 0.05) is 41.3 Å². The van der Waals surface area contributed by atoms with Crippen LogP contribution in [-0.2, 0) is 13.8 Å². The van der Waals surface area contributed by atoms with Crippen LogP contribution in [0.1, 0.15) is 6.42 Å². The van der Waals surface area contributed by atoms with Crippen LogP contribution in [-0.4, -0.2) is 33.7 Å². The van der Waals surface area contributed by atoms with Gasteiger partial charge in [0.2, 0.25) is 15.0 Å². The highest BCUT2D eigenvalue weighted by Crippen LogP contribution is 2.30. The highest BCUT2D eigenvalue weighted by molar-refractivity contribution is 8.13. The van der Waals surface area contributed by atoms with Gasteiger partial charge in [-0.1, -0.05) is 0 Å². The van der Waals surface area contributed by atoms with Crippen molar-refractivity contribution in [1.29, 1.82) is 0 Å². The van der Waals surface area contributed by atoms with E-state index in [9.17, 15) is 17.6 Å². The second kappa shape index (κ2) is 5.57. The predicted octanol–water partition coefficient (Wildman–Crippen LogP) is 1.76. The Labute approximate surface area is 120 Å². The second-order valence-electron chi connectivity index (χ2n) is 4.60. The zero-order valence-corrected chi connectivity index (χ0v) is 12.2. The fraction of sp³-hybridized carbons (Fsp3) is 0.417. The largest absolute Gasteiger partial charge is 0.494 e. The van der Waals surface area contributed by atoms with Crippen molar-refractivity contribution in [3.05, 3.63) is 24.0 Å². The number of anilines is 1. The van der Waals surface area contributed by atoms with Crippen LogP contribution in [0.5, 0.6) is 5.75 Å². The van der Waals surface area contributed by atoms with Crippen LogP contribution in [0.3, 0.4) is 0 Å². The first-order valence-electron chi connectivity index (χ1n) is 5.86. The molecule has 2 rings (SSSR count). The van der Waals surface area contributed by atoms with Gasteiger partial charge in [-0.15, -0.1) is 0 Å². The molecule has 20 heavy (non-hydrogen) atoms. The van der Waals surface area contributed by atoms with Crippen molar-refractivity contribution in [1.82, 2.24) is 0 Å². The summed E-state index contributed by atoms with van der Waals surface area (Å²) in [7, 11) is 2.88. The molecule has 0 radical (unpaired) electrons. The van der Waals surface area contributed by atoms with E-state index >= 15 is 0 Å². The zero-order chi connectivity index (χ0) is 14.9. The third-order valence-electron chi connectivity index (χ3n) is 3.09. The number of nitrogens with zero attached hydrogens (tertiary/aromatic N) is 1. The summed E-state index contributed by atoms with van der Waals surface area (Å²) in [5, 5.41) is 0. The number of hydrogen-bond donors (Lipinski definition) is 0. The smallest absolute Gasteiger partial charge is 0.232 e. The van der Waals surface area contributed by atoms with Crippen molar-refractivity contribution < 1.29 is 22.3 Å². The Hall–Kier alpha value is -1.34. The molecule has 1 saturated heterocycles. The molecule has 1 atom stereocenters. The van der Waals surface area contributed by atoms with Crippen LogP contribution < -0.4 is 9.64 Å². The lowest BCUT2D eigenvalue weighted by Gasteiger charge is -2.17. The molecule has 1 aliphatic rings. The van der Waals surface area contributed by atoms with E-state index in [-0.39, 0.29) is 36.3 Å². The van der Waals surface area contributed by atoms with Crippen molar-refractivity contribution in [2.75, 3.05) is 24.3 Å². The van der Waals surface area contributed by atoms with Gasteiger partial charge in [-0.2, -0.15) is 0 Å². The number of carbonyl (C=O) groups is 1. The van der Waals surface area contributed by atoms with Gasteiger partial charge in [-0.25, -0.2) is 12.8 Å². The van der Waals surface area contributed by atoms with E-state index in [1.54, 1.807) is 0 Å². The SMILES string of the molecule is COc1cc(N2CC(CS(=O)(=O)Cl)CC2=O)ccc1F. The zero-order valence-electron chi connectivity index (χ0n) is 10.7. The highest BCUT2D eigenvalue weighted by atomic mass is 35.7. The summed E-state index contributed by atoms with van der Waals surface area (Å²) in [6, 6.07) is 4.06. The summed E-state index contributed by atoms with van der Waals surface area (Å²) in [4.78, 5) is 13.3. The average Bonchev–Trinajstić information content (AvgIpc) is 2.68. The van der Waals surface area contributed by atoms with Crippen molar-refractivity contribution in [3.63, 3.8) is 0 Å². The van der Waals surface area contributed by atoms with Gasteiger partial charge in [-0.3, -0.25) is 4.79 Å². The molecule has 1 heterocycles. The number of methoxy groups -OCH3 is 1. The Bertz CT molecular complexity index is 634. The van der Waals surface area contributed by atoms with Crippen molar-refractivity contribution in [2.45, 2.75) is 6.42 Å². The molecule has 8 heteroatoms. The minimum absolute atomic E-state index is 0.0312. The van der Waals surface area contributed by atoms with E-state index in [4.69, 9.17) is 15.4 Å². The minimum atomic E-state index is -3.65. The number of ether oxygens (including phenoxy) is 1. The first-order chi connectivity index (χ1) is 9.30. The standard InChI is InChI=1S/C12H13ClFNO4S/c1-19-11-5-9(2-3-10(11)14)15-6-8(4-12(15)16)7-20(13,17)18/h2-3,5,8H,4,6-7H2,1H3. The number of hydrogen-bond acceptors (Lipinski definition) is 4. The normalized spacial score (nSPS) is 19.4. The summed E-state index contributed by atoms with van der Waals surface area (Å²) in [5.74, 6) is -1.33. The molecule has 0 aromatic heterocycles. The molecule has 1 aromatic rings. The molecule has 0 N–H and O–H groups in total. The van der Waals surface area contributed by atoms with E-state index in [2.05, 4.69) is 0 Å². The maximum absolute atomic E-state index is 13.3. The highest BCUT2D eigenvalue weighted by Gasteiger charge is 2.33. The molecule has 1 aromatic carbocycles. The number of rotatable bonds is 4. The Morgan fingerprint density at radius 1 is 1.50 bits per heavy atom. The Morgan fingerprint density at radius 2 is 2.20 bits per heavy atom. The first-order valence-corrected chi connectivity index (χ1v) is 8.34. The Morgan fingerprint density at radius 3 is 2.80 bits per heavy atom. The van der Waals surface area contributed by atoms with Crippen LogP contribution in [0.4, 0.5) is 10.1 Å². The lowest BCUT2D eigenvalue weighted by atomic mass is 10.1. The number of amides is 1. The molecule has 0 saturated carbocycles. The molecule has 0 aliphatic carbocycles. The molecular formula is C12H13ClFNO4S. The van der Waals surface area contributed by atoms with Crippen LogP contribution >= 0.6 is 10.7 Å². The van der Waals surface area contributed by atoms with E-state index in [1.807, 2.05) is 0 Å². The van der Waals surface area contributed by atoms with E-state index in [0.717, 1.165) is 0 Å². The maximum Gasteiger partial charge on any atom is 0.232 e. The van der Waals surface area contributed by atoms with Crippen LogP contribution in [0, 0.1) is 11.7 Å². The van der Waals surface area contributed by atoms with E-state index < -0.39 is 14.9 Å². The fourth-order valence-corrected chi connectivity index (χ4v) is 3.56. The van der Waals surface area contributed by atoms with E-state index in [0.29, 0.717) is 5.69 Å². The third kappa shape index (κ3) is 3.40. The number of benzene rings is 1. The molecular weight excluding hydrogens is 309 g/mol. The summed E-state index contributed by atoms with van der Waals surface area (Å²) >= 11 is 0. The Kier molecular flexibility index (Phi) is 4.19. The third-order valence-corrected chi connectivity index (χ3v) is 4.33. The molecule has 5 nitrogen and oxygen atoms in total. The van der Waals surface area contributed by atoms with Gasteiger partial charge in [0.15, 0.2) is 11.6 Å². The summed E-state index contributed by atoms with van der Waals surface area (Å²) in [6.07, 6.45) is 0.103. The number of halogens is 2. The second-order valence-corrected chi connectivity index (χ2v) is 7.42. The van der Waals surface area contributed by atoms with Crippen LogP contribution in [0.15, 0.2) is 18.2 Å². The van der Waals surface area contributed by atoms with Crippen molar-refractivity contribution >= 4 is 31.3 Å². The molecule has 1 fully saturated rings. The van der Waals surface area contributed by atoms with E-state index in [1.165, 1.54) is 30.2 Å². The minimum Gasteiger partial charge on any atom is -0.494 e. The van der Waals surface area contributed by atoms with Crippen LogP contribution in [0.2, 0.25) is 0 Å². The van der Waals surface area contributed by atoms with Gasteiger partial charge in [-0.05, 0) is 12.1 Å². The summed E-state index contributed by atoms with van der Waals surface area (Å²) in [6.45, 7) is 0.236. The molecule has 1 unspecified atom stereocenters. The lowest BCUT2D eigenvalue weighted by Crippen LogP contribution is -2.25. The quantitative estimate of drug-likeness (QED) is 0.793. The fourth-order valence-electron chi connectivity index (χ4n) is 2.24. The molecule has 0 spiro atoms. The van der Waals surface area contributed by atoms with Gasteiger partial charge < -0.3 is 9.64 Å². The van der Waals surface area contributed by atoms with Gasteiger partial charge >= 0.3 is 0 Å². The van der Waals surface area contributed by atoms with Gasteiger partial charge in [0.1, 0.15) is 0 Å². The molecule has 0 bridgehead atoms. The van der Waals surface area contributed by atoms with Crippen molar-refractivity contribution in [3.8, 4) is 5.75 Å². The Balaban J connectivity index is 2.20. The van der Waals surface area contributed by atoms with Crippen molar-refractivity contribution in [2.24, 2.45) is 5.92 Å². The first kappa shape index (κ1) is 15.1. The molecule has 1 amide bonds. The summed E-state index contributed by atoms with van der Waals surface area (Å²) < 4.78 is 40.3.